The number of rotatable bonds is 7. The molecule has 0 saturated carbocycles. The molecular formula is C13H20FN3OS. The van der Waals surface area contributed by atoms with E-state index >= 15 is 0 Å². The Kier molecular flexibility index (Phi) is 6.66. The lowest BCUT2D eigenvalue weighted by molar-refractivity contribution is 0.318. The summed E-state index contributed by atoms with van der Waals surface area (Å²) in [5.74, 6) is 0.612. The van der Waals surface area contributed by atoms with Crippen molar-refractivity contribution >= 4 is 17.6 Å². The lowest BCUT2D eigenvalue weighted by Gasteiger charge is -2.13. The van der Waals surface area contributed by atoms with Gasteiger partial charge in [0.2, 0.25) is 0 Å². The van der Waals surface area contributed by atoms with Gasteiger partial charge in [-0.25, -0.2) is 4.39 Å². The summed E-state index contributed by atoms with van der Waals surface area (Å²) in [5, 5.41) is 14.8. The predicted molar refractivity (Wildman–Crippen MR) is 78.2 cm³/mol. The van der Waals surface area contributed by atoms with Gasteiger partial charge in [-0.3, -0.25) is 0 Å². The summed E-state index contributed by atoms with van der Waals surface area (Å²) in [6, 6.07) is 4.77. The summed E-state index contributed by atoms with van der Waals surface area (Å²) < 4.78 is 13.4. The van der Waals surface area contributed by atoms with E-state index in [1.165, 1.54) is 12.1 Å². The first-order valence-electron chi connectivity index (χ1n) is 6.06. The Morgan fingerprint density at radius 1 is 1.53 bits per heavy atom. The summed E-state index contributed by atoms with van der Waals surface area (Å²) in [4.78, 5) is 0. The highest BCUT2D eigenvalue weighted by Crippen LogP contribution is 2.10. The number of amidine groups is 1. The van der Waals surface area contributed by atoms with Crippen LogP contribution < -0.4 is 11.1 Å². The van der Waals surface area contributed by atoms with Gasteiger partial charge in [0, 0.05) is 18.2 Å². The second-order valence-electron chi connectivity index (χ2n) is 4.40. The average molecular weight is 285 g/mol. The molecule has 1 atom stereocenters. The molecule has 0 bridgehead atoms. The van der Waals surface area contributed by atoms with Crippen molar-refractivity contribution in [3.8, 4) is 0 Å². The van der Waals surface area contributed by atoms with Crippen LogP contribution in [-0.4, -0.2) is 29.1 Å². The molecule has 4 N–H and O–H groups in total. The highest BCUT2D eigenvalue weighted by Gasteiger charge is 2.06. The zero-order valence-corrected chi connectivity index (χ0v) is 12.0. The fraction of sp³-hybridized carbons (Fsp3) is 0.462. The first kappa shape index (κ1) is 15.8. The van der Waals surface area contributed by atoms with Crippen molar-refractivity contribution in [3.63, 3.8) is 0 Å². The Morgan fingerprint density at radius 2 is 2.26 bits per heavy atom. The van der Waals surface area contributed by atoms with Gasteiger partial charge in [-0.15, -0.1) is 0 Å². The number of oxime groups is 1. The van der Waals surface area contributed by atoms with Crippen molar-refractivity contribution < 1.29 is 9.60 Å². The van der Waals surface area contributed by atoms with Gasteiger partial charge >= 0.3 is 0 Å². The molecule has 0 aliphatic heterocycles. The van der Waals surface area contributed by atoms with Crippen molar-refractivity contribution in [2.45, 2.75) is 25.9 Å². The van der Waals surface area contributed by atoms with Crippen molar-refractivity contribution in [1.29, 1.82) is 0 Å². The van der Waals surface area contributed by atoms with Gasteiger partial charge in [-0.1, -0.05) is 5.16 Å². The molecule has 0 saturated heterocycles. The van der Waals surface area contributed by atoms with Gasteiger partial charge < -0.3 is 16.3 Å². The lowest BCUT2D eigenvalue weighted by atomic mass is 10.1. The molecule has 19 heavy (non-hydrogen) atoms. The fourth-order valence-electron chi connectivity index (χ4n) is 1.65. The predicted octanol–water partition coefficient (Wildman–Crippen LogP) is 2.15. The topological polar surface area (TPSA) is 70.6 Å². The number of nitrogens with two attached hydrogens (primary N) is 1. The number of hydrogen-bond donors (Lipinski definition) is 3. The minimum Gasteiger partial charge on any atom is -0.409 e. The van der Waals surface area contributed by atoms with E-state index in [2.05, 4.69) is 23.7 Å². The lowest BCUT2D eigenvalue weighted by Crippen LogP contribution is -2.26. The van der Waals surface area contributed by atoms with Gasteiger partial charge in [0.25, 0.3) is 0 Å². The van der Waals surface area contributed by atoms with E-state index in [9.17, 15) is 4.39 Å². The maximum atomic E-state index is 13.4. The van der Waals surface area contributed by atoms with Crippen LogP contribution in [-0.2, 0) is 6.54 Å². The van der Waals surface area contributed by atoms with Gasteiger partial charge in [-0.05, 0) is 49.1 Å². The Balaban J connectivity index is 2.66. The molecule has 1 aromatic rings. The Bertz CT molecular complexity index is 440. The third kappa shape index (κ3) is 5.48. The third-order valence-corrected chi connectivity index (χ3v) is 3.41. The molecule has 6 heteroatoms. The minimum absolute atomic E-state index is 0.0869. The number of nitrogens with one attached hydrogen (secondary N) is 1. The number of halogens is 1. The van der Waals surface area contributed by atoms with E-state index in [0.717, 1.165) is 17.7 Å². The smallest absolute Gasteiger partial charge is 0.170 e. The van der Waals surface area contributed by atoms with Crippen LogP contribution in [0.3, 0.4) is 0 Å². The normalized spacial score (nSPS) is 13.5. The molecule has 0 fully saturated rings. The van der Waals surface area contributed by atoms with Crippen LogP contribution in [0.5, 0.6) is 0 Å². The molecule has 4 nitrogen and oxygen atoms in total. The number of nitrogens with zero attached hydrogens (tertiary/aromatic N) is 1. The van der Waals surface area contributed by atoms with Crippen molar-refractivity contribution in [3.05, 3.63) is 35.1 Å². The quantitative estimate of drug-likeness (QED) is 0.311. The minimum atomic E-state index is -0.391. The molecular weight excluding hydrogens is 265 g/mol. The first-order chi connectivity index (χ1) is 9.06. The van der Waals surface area contributed by atoms with E-state index in [1.807, 2.05) is 0 Å². The number of hydrogen-bond acceptors (Lipinski definition) is 4. The number of thioether (sulfide) groups is 1. The summed E-state index contributed by atoms with van der Waals surface area (Å²) in [7, 11) is 0. The van der Waals surface area contributed by atoms with Crippen molar-refractivity contribution in [2.75, 3.05) is 12.0 Å². The standard InChI is InChI=1S/C13H20FN3OS/c1-9(3-4-19-2)16-8-10-5-11(13(15)17-18)7-12(14)6-10/h5-7,9,16,18H,3-4,8H2,1-2H3,(H2,15,17). The largest absolute Gasteiger partial charge is 0.409 e. The molecule has 0 aliphatic carbocycles. The molecule has 0 aromatic heterocycles. The molecule has 0 spiro atoms. The van der Waals surface area contributed by atoms with Gasteiger partial charge in [0.1, 0.15) is 5.82 Å². The Hall–Kier alpha value is -1.27. The van der Waals surface area contributed by atoms with Crippen LogP contribution in [0.4, 0.5) is 4.39 Å². The molecule has 1 aromatic carbocycles. The van der Waals surface area contributed by atoms with E-state index in [1.54, 1.807) is 17.8 Å². The summed E-state index contributed by atoms with van der Waals surface area (Å²) in [6.07, 6.45) is 3.13. The molecule has 1 unspecified atom stereocenters. The molecule has 106 valence electrons. The summed E-state index contributed by atoms with van der Waals surface area (Å²) in [5.41, 5.74) is 6.62. The van der Waals surface area contributed by atoms with Crippen LogP contribution >= 0.6 is 11.8 Å². The first-order valence-corrected chi connectivity index (χ1v) is 7.46. The highest BCUT2D eigenvalue weighted by atomic mass is 32.2. The van der Waals surface area contributed by atoms with Crippen LogP contribution in [0.15, 0.2) is 23.4 Å². The van der Waals surface area contributed by atoms with Gasteiger partial charge in [0.05, 0.1) is 0 Å². The van der Waals surface area contributed by atoms with Crippen LogP contribution in [0, 0.1) is 5.82 Å². The maximum Gasteiger partial charge on any atom is 0.170 e. The van der Waals surface area contributed by atoms with Crippen molar-refractivity contribution in [2.24, 2.45) is 10.9 Å². The van der Waals surface area contributed by atoms with Crippen LogP contribution in [0.25, 0.3) is 0 Å². The third-order valence-electron chi connectivity index (χ3n) is 2.77. The van der Waals surface area contributed by atoms with E-state index in [0.29, 0.717) is 18.2 Å². The molecule has 1 rings (SSSR count). The van der Waals surface area contributed by atoms with E-state index in [-0.39, 0.29) is 5.84 Å². The fourth-order valence-corrected chi connectivity index (χ4v) is 2.24. The second kappa shape index (κ2) is 8.01. The Labute approximate surface area is 117 Å². The van der Waals surface area contributed by atoms with Crippen molar-refractivity contribution in [1.82, 2.24) is 5.32 Å². The number of benzene rings is 1. The highest BCUT2D eigenvalue weighted by molar-refractivity contribution is 7.98. The maximum absolute atomic E-state index is 13.4. The summed E-state index contributed by atoms with van der Waals surface area (Å²) in [6.45, 7) is 2.65. The molecule has 0 heterocycles. The Morgan fingerprint density at radius 3 is 2.89 bits per heavy atom. The zero-order valence-electron chi connectivity index (χ0n) is 11.2. The zero-order chi connectivity index (χ0) is 14.3. The van der Waals surface area contributed by atoms with Crippen LogP contribution in [0.2, 0.25) is 0 Å². The van der Waals surface area contributed by atoms with E-state index in [4.69, 9.17) is 10.9 Å². The molecule has 0 aliphatic rings. The molecule has 0 radical (unpaired) electrons. The van der Waals surface area contributed by atoms with Gasteiger partial charge in [0.15, 0.2) is 5.84 Å². The SMILES string of the molecule is CSCCC(C)NCc1cc(F)cc(/C(N)=N/O)c1. The van der Waals surface area contributed by atoms with Gasteiger partial charge in [-0.2, -0.15) is 11.8 Å². The van der Waals surface area contributed by atoms with Crippen LogP contribution in [0.1, 0.15) is 24.5 Å². The monoisotopic (exact) mass is 285 g/mol. The molecule has 0 amide bonds. The second-order valence-corrected chi connectivity index (χ2v) is 5.38. The van der Waals surface area contributed by atoms with E-state index < -0.39 is 5.82 Å². The average Bonchev–Trinajstić information content (AvgIpc) is 2.41. The summed E-state index contributed by atoms with van der Waals surface area (Å²) >= 11 is 1.80.